The quantitative estimate of drug-likeness (QED) is 0.461. The summed E-state index contributed by atoms with van der Waals surface area (Å²) in [5.74, 6) is 0. The number of aryl methyl sites for hydroxylation is 2. The van der Waals surface area contributed by atoms with Gasteiger partial charge in [-0.25, -0.2) is 0 Å². The summed E-state index contributed by atoms with van der Waals surface area (Å²) in [5, 5.41) is 7.29. The Kier molecular flexibility index (Phi) is 0.604. The molecule has 0 atom stereocenters. The van der Waals surface area contributed by atoms with Gasteiger partial charge in [0.1, 0.15) is 0 Å². The Morgan fingerprint density at radius 2 is 2.86 bits per heavy atom. The second kappa shape index (κ2) is 1.33. The van der Waals surface area contributed by atoms with Crippen LogP contribution in [0.15, 0.2) is 6.20 Å². The first-order valence-electron chi connectivity index (χ1n) is 2.68. The van der Waals surface area contributed by atoms with Crippen molar-refractivity contribution in [2.24, 2.45) is 7.05 Å². The molecular formula is C4H7N3. The maximum absolute atomic E-state index is 6.84. The fraction of sp³-hybridized carbons (Fsp3) is 0.500. The van der Waals surface area contributed by atoms with Gasteiger partial charge in [-0.15, -0.1) is 5.10 Å². The molecule has 0 radical (unpaired) electrons. The molecule has 0 aliphatic carbocycles. The van der Waals surface area contributed by atoms with Crippen molar-refractivity contribution < 1.29 is 1.37 Å². The number of rotatable bonds is 0. The van der Waals surface area contributed by atoms with Gasteiger partial charge >= 0.3 is 0 Å². The Morgan fingerprint density at radius 3 is 3.14 bits per heavy atom. The summed E-state index contributed by atoms with van der Waals surface area (Å²) >= 11 is 0. The summed E-state index contributed by atoms with van der Waals surface area (Å²) < 4.78 is 8.43. The molecule has 7 heavy (non-hydrogen) atoms. The first-order valence-corrected chi connectivity index (χ1v) is 1.97. The lowest BCUT2D eigenvalue weighted by Crippen LogP contribution is -1.85. The van der Waals surface area contributed by atoms with Gasteiger partial charge in [0.15, 0.2) is 0 Å². The molecule has 0 amide bonds. The van der Waals surface area contributed by atoms with Crippen molar-refractivity contribution >= 4 is 0 Å². The molecule has 38 valence electrons. The second-order valence-electron chi connectivity index (χ2n) is 1.38. The van der Waals surface area contributed by atoms with Crippen molar-refractivity contribution in [2.75, 3.05) is 0 Å². The van der Waals surface area contributed by atoms with E-state index in [1.165, 1.54) is 0 Å². The van der Waals surface area contributed by atoms with E-state index in [1.54, 1.807) is 17.9 Å². The Labute approximate surface area is 43.4 Å². The van der Waals surface area contributed by atoms with Gasteiger partial charge in [0.05, 0.1) is 5.69 Å². The Hall–Kier alpha value is -0.860. The third kappa shape index (κ3) is 0.765. The van der Waals surface area contributed by atoms with E-state index in [0.29, 0.717) is 5.69 Å². The largest absolute Gasteiger partial charge is 0.255 e. The van der Waals surface area contributed by atoms with Crippen LogP contribution in [-0.4, -0.2) is 15.0 Å². The van der Waals surface area contributed by atoms with Gasteiger partial charge in [-0.3, -0.25) is 4.68 Å². The Morgan fingerprint density at radius 1 is 2.00 bits per heavy atom. The van der Waals surface area contributed by atoms with Gasteiger partial charge in [-0.1, -0.05) is 5.21 Å². The molecule has 1 aromatic rings. The van der Waals surface area contributed by atoms with E-state index in [2.05, 4.69) is 10.3 Å². The minimum atomic E-state index is 0.216. The first kappa shape index (κ1) is 3.18. The second-order valence-corrected chi connectivity index (χ2v) is 1.38. The van der Waals surface area contributed by atoms with E-state index in [-0.39, 0.29) is 6.90 Å². The topological polar surface area (TPSA) is 30.7 Å². The van der Waals surface area contributed by atoms with Gasteiger partial charge < -0.3 is 0 Å². The summed E-state index contributed by atoms with van der Waals surface area (Å²) in [6.45, 7) is 0.216. The van der Waals surface area contributed by atoms with Gasteiger partial charge in [0.25, 0.3) is 0 Å². The average Bonchev–Trinajstić information content (AvgIpc) is 2.14. The molecule has 0 saturated carbocycles. The van der Waals surface area contributed by atoms with E-state index in [9.17, 15) is 0 Å². The summed E-state index contributed by atoms with van der Waals surface area (Å²) in [6, 6.07) is 0. The van der Waals surface area contributed by atoms with Crippen LogP contribution in [0.2, 0.25) is 0 Å². The predicted octanol–water partition coefficient (Wildman–Crippen LogP) is 0.124. The Balaban J connectivity index is 2.84. The highest BCUT2D eigenvalue weighted by Gasteiger charge is 1.83. The molecule has 0 aromatic carbocycles. The molecule has 0 aliphatic rings. The monoisotopic (exact) mass is 98.1 g/mol. The van der Waals surface area contributed by atoms with Crippen molar-refractivity contribution in [1.82, 2.24) is 15.0 Å². The van der Waals surface area contributed by atoms with E-state index in [4.69, 9.17) is 1.37 Å². The fourth-order valence-electron chi connectivity index (χ4n) is 0.395. The molecule has 0 fully saturated rings. The van der Waals surface area contributed by atoms with Crippen LogP contribution >= 0.6 is 0 Å². The van der Waals surface area contributed by atoms with Crippen LogP contribution in [0.5, 0.6) is 0 Å². The number of aromatic nitrogens is 3. The molecule has 0 bridgehead atoms. The molecule has 0 spiro atoms. The molecular weight excluding hydrogens is 90.1 g/mol. The normalized spacial score (nSPS) is 11.3. The van der Waals surface area contributed by atoms with Crippen LogP contribution in [0.1, 0.15) is 7.06 Å². The van der Waals surface area contributed by atoms with Gasteiger partial charge in [0, 0.05) is 14.6 Å². The molecule has 1 rings (SSSR count). The SMILES string of the molecule is [2H]Cc1cn(C)nn1. The number of hydrogen-bond acceptors (Lipinski definition) is 2. The van der Waals surface area contributed by atoms with E-state index >= 15 is 0 Å². The molecule has 0 aliphatic heterocycles. The van der Waals surface area contributed by atoms with Crippen molar-refractivity contribution in [2.45, 2.75) is 6.90 Å². The molecule has 3 heteroatoms. The molecule has 0 saturated heterocycles. The highest BCUT2D eigenvalue weighted by molar-refractivity contribution is 4.85. The molecule has 1 heterocycles. The average molecular weight is 98.1 g/mol. The minimum absolute atomic E-state index is 0.216. The molecule has 0 unspecified atom stereocenters. The Bertz CT molecular complexity index is 172. The lowest BCUT2D eigenvalue weighted by molar-refractivity contribution is 0.714. The highest BCUT2D eigenvalue weighted by Crippen LogP contribution is 1.82. The first-order chi connectivity index (χ1) is 3.83. The lowest BCUT2D eigenvalue weighted by atomic mass is 10.6. The van der Waals surface area contributed by atoms with Gasteiger partial charge in [0.2, 0.25) is 0 Å². The number of hydrogen-bond donors (Lipinski definition) is 0. The maximum Gasteiger partial charge on any atom is 0.0796 e. The zero-order chi connectivity index (χ0) is 5.98. The molecule has 1 aromatic heterocycles. The number of nitrogens with zero attached hydrogens (tertiary/aromatic N) is 3. The van der Waals surface area contributed by atoms with Crippen LogP contribution < -0.4 is 0 Å². The van der Waals surface area contributed by atoms with E-state index in [1.807, 2.05) is 0 Å². The summed E-state index contributed by atoms with van der Waals surface area (Å²) in [5.41, 5.74) is 0.715. The maximum atomic E-state index is 6.84. The summed E-state index contributed by atoms with van der Waals surface area (Å²) in [6.07, 6.45) is 1.73. The van der Waals surface area contributed by atoms with Crippen molar-refractivity contribution in [3.63, 3.8) is 0 Å². The van der Waals surface area contributed by atoms with Crippen LogP contribution in [0, 0.1) is 6.90 Å². The lowest BCUT2D eigenvalue weighted by Gasteiger charge is -1.75. The highest BCUT2D eigenvalue weighted by atomic mass is 15.4. The standard InChI is InChI=1S/C4H7N3/c1-4-3-7(2)6-5-4/h3H,1-2H3/i1D. The van der Waals surface area contributed by atoms with Crippen molar-refractivity contribution in [1.29, 1.82) is 0 Å². The van der Waals surface area contributed by atoms with Gasteiger partial charge in [-0.2, -0.15) is 0 Å². The summed E-state index contributed by atoms with van der Waals surface area (Å²) in [7, 11) is 1.78. The predicted molar refractivity (Wildman–Crippen MR) is 25.7 cm³/mol. The van der Waals surface area contributed by atoms with Crippen molar-refractivity contribution in [3.8, 4) is 0 Å². The minimum Gasteiger partial charge on any atom is -0.255 e. The van der Waals surface area contributed by atoms with Gasteiger partial charge in [-0.05, 0) is 6.90 Å². The smallest absolute Gasteiger partial charge is 0.0796 e. The third-order valence-electron chi connectivity index (χ3n) is 0.650. The zero-order valence-corrected chi connectivity index (χ0v) is 4.13. The zero-order valence-electron chi connectivity index (χ0n) is 5.13. The molecule has 3 nitrogen and oxygen atoms in total. The van der Waals surface area contributed by atoms with Crippen LogP contribution in [0.3, 0.4) is 0 Å². The van der Waals surface area contributed by atoms with Crippen LogP contribution in [0.25, 0.3) is 0 Å². The van der Waals surface area contributed by atoms with Crippen LogP contribution in [-0.2, 0) is 7.05 Å². The third-order valence-corrected chi connectivity index (χ3v) is 0.650. The van der Waals surface area contributed by atoms with Crippen molar-refractivity contribution in [3.05, 3.63) is 11.9 Å². The van der Waals surface area contributed by atoms with E-state index < -0.39 is 0 Å². The molecule has 0 N–H and O–H groups in total. The fourth-order valence-corrected chi connectivity index (χ4v) is 0.395. The van der Waals surface area contributed by atoms with E-state index in [0.717, 1.165) is 0 Å². The van der Waals surface area contributed by atoms with Crippen LogP contribution in [0.4, 0.5) is 0 Å². The summed E-state index contributed by atoms with van der Waals surface area (Å²) in [4.78, 5) is 0.